The van der Waals surface area contributed by atoms with E-state index in [0.717, 1.165) is 19.3 Å². The van der Waals surface area contributed by atoms with Crippen molar-refractivity contribution in [1.29, 1.82) is 0 Å². The molecular formula is C6H12AuO2S2+3. The van der Waals surface area contributed by atoms with Crippen LogP contribution < -0.4 is 0 Å². The number of aliphatic hydroxyl groups is 1. The zero-order chi connectivity index (χ0) is 7.82. The summed E-state index contributed by atoms with van der Waals surface area (Å²) in [4.78, 5) is 0. The van der Waals surface area contributed by atoms with E-state index in [-0.39, 0.29) is 29.0 Å². The Balaban J connectivity index is 0. The summed E-state index contributed by atoms with van der Waals surface area (Å²) in [6.07, 6.45) is 2.75. The molecule has 5 heteroatoms. The molecule has 0 aromatic carbocycles. The van der Waals surface area contributed by atoms with Gasteiger partial charge in [0.1, 0.15) is 0 Å². The van der Waals surface area contributed by atoms with E-state index >= 15 is 0 Å². The molecule has 1 N–H and O–H groups in total. The molecule has 0 amide bonds. The molecule has 0 aromatic rings. The summed E-state index contributed by atoms with van der Waals surface area (Å²) in [7, 11) is 0. The van der Waals surface area contributed by atoms with Crippen molar-refractivity contribution in [3.63, 3.8) is 0 Å². The molecule has 68 valence electrons. The first kappa shape index (κ1) is 14.5. The van der Waals surface area contributed by atoms with Gasteiger partial charge in [-0.15, -0.1) is 0 Å². The average molecular weight is 377 g/mol. The van der Waals surface area contributed by atoms with E-state index in [1.807, 2.05) is 0 Å². The van der Waals surface area contributed by atoms with Gasteiger partial charge in [-0.3, -0.25) is 0 Å². The van der Waals surface area contributed by atoms with Crippen LogP contribution in [0.3, 0.4) is 0 Å². The fourth-order valence-corrected chi connectivity index (χ4v) is 0.725. The summed E-state index contributed by atoms with van der Waals surface area (Å²) in [5, 5.41) is 8.39. The first-order valence-corrected chi connectivity index (χ1v) is 4.09. The third-order valence-corrected chi connectivity index (χ3v) is 1.27. The van der Waals surface area contributed by atoms with Gasteiger partial charge in [-0.2, -0.15) is 0 Å². The first-order chi connectivity index (χ1) is 4.77. The van der Waals surface area contributed by atoms with Gasteiger partial charge in [-0.05, 0) is 31.5 Å². The smallest absolute Gasteiger partial charge is 0.479 e. The van der Waals surface area contributed by atoms with Crippen LogP contribution in [-0.4, -0.2) is 22.7 Å². The van der Waals surface area contributed by atoms with E-state index in [1.165, 1.54) is 0 Å². The number of aliphatic hydroxyl groups excluding tert-OH is 1. The quantitative estimate of drug-likeness (QED) is 0.328. The average Bonchev–Trinajstić information content (AvgIpc) is 1.87. The van der Waals surface area contributed by atoms with E-state index < -0.39 is 0 Å². The Morgan fingerprint density at radius 1 is 1.36 bits per heavy atom. The van der Waals surface area contributed by atoms with Gasteiger partial charge < -0.3 is 9.84 Å². The van der Waals surface area contributed by atoms with E-state index in [2.05, 4.69) is 24.8 Å². The van der Waals surface area contributed by atoms with Crippen molar-refractivity contribution in [2.24, 2.45) is 0 Å². The Morgan fingerprint density at radius 2 is 2.00 bits per heavy atom. The van der Waals surface area contributed by atoms with Crippen LogP contribution in [0.15, 0.2) is 0 Å². The van der Waals surface area contributed by atoms with Crippen LogP contribution >= 0.6 is 24.8 Å². The number of hydrogen-bond acceptors (Lipinski definition) is 3. The third kappa shape index (κ3) is 13.9. The normalized spacial score (nSPS) is 8.55. The van der Waals surface area contributed by atoms with Crippen molar-refractivity contribution in [2.75, 3.05) is 13.2 Å². The molecule has 11 heavy (non-hydrogen) atoms. The summed E-state index contributed by atoms with van der Waals surface area (Å²) < 4.78 is 5.20. The minimum atomic E-state index is 0. The maximum Gasteiger partial charge on any atom is 3.00 e. The molecule has 0 radical (unpaired) electrons. The second-order valence-electron chi connectivity index (χ2n) is 1.90. The van der Waals surface area contributed by atoms with Crippen LogP contribution in [0.25, 0.3) is 0 Å². The molecule has 0 rings (SSSR count). The van der Waals surface area contributed by atoms with Crippen molar-refractivity contribution in [3.8, 4) is 0 Å². The second kappa shape index (κ2) is 10.9. The Hall–Kier alpha value is 0.940. The third-order valence-electron chi connectivity index (χ3n) is 1.03. The van der Waals surface area contributed by atoms with Gasteiger partial charge in [0.25, 0.3) is 0 Å². The van der Waals surface area contributed by atoms with Gasteiger partial charge in [0.2, 0.25) is 4.38 Å². The Morgan fingerprint density at radius 3 is 2.45 bits per heavy atom. The zero-order valence-electron chi connectivity index (χ0n) is 6.05. The monoisotopic (exact) mass is 377 g/mol. The predicted molar refractivity (Wildman–Crippen MR) is 48.5 cm³/mol. The van der Waals surface area contributed by atoms with Crippen LogP contribution in [0.1, 0.15) is 19.3 Å². The van der Waals surface area contributed by atoms with Gasteiger partial charge in [0.05, 0.1) is 6.61 Å². The van der Waals surface area contributed by atoms with Crippen LogP contribution in [0, 0.1) is 0 Å². The number of hydrogen-bond donors (Lipinski definition) is 2. The van der Waals surface area contributed by atoms with Gasteiger partial charge in [0, 0.05) is 6.61 Å². The second-order valence-corrected chi connectivity index (χ2v) is 2.98. The molecular weight excluding hydrogens is 365 g/mol. The predicted octanol–water partition coefficient (Wildman–Crippen LogP) is 1.38. The molecule has 0 unspecified atom stereocenters. The maximum atomic E-state index is 8.39. The zero-order valence-corrected chi connectivity index (χ0v) is 9.93. The molecule has 0 bridgehead atoms. The summed E-state index contributed by atoms with van der Waals surface area (Å²) in [6, 6.07) is 0. The first-order valence-electron chi connectivity index (χ1n) is 3.24. The SMILES string of the molecule is OCCCCCOC(=S)S.[Au+3]. The number of thiocarbonyl (C=S) groups is 1. The van der Waals surface area contributed by atoms with Gasteiger partial charge in [-0.1, -0.05) is 12.6 Å². The van der Waals surface area contributed by atoms with Gasteiger partial charge in [-0.25, -0.2) is 0 Å². The Kier molecular flexibility index (Phi) is 14.4. The Labute approximate surface area is 93.6 Å². The fraction of sp³-hybridized carbons (Fsp3) is 0.833. The minimum Gasteiger partial charge on any atom is -0.479 e. The van der Waals surface area contributed by atoms with Crippen molar-refractivity contribution in [2.45, 2.75) is 19.3 Å². The summed E-state index contributed by atoms with van der Waals surface area (Å²) in [6.45, 7) is 0.869. The maximum absolute atomic E-state index is 8.39. The van der Waals surface area contributed by atoms with E-state index in [1.54, 1.807) is 0 Å². The van der Waals surface area contributed by atoms with Gasteiger partial charge in [0.15, 0.2) is 0 Å². The molecule has 0 saturated carbocycles. The molecule has 0 aliphatic rings. The standard InChI is InChI=1S/C6H12O2S2.Au/c7-4-2-1-3-5-8-6(9)10;/h7H,1-5H2,(H,9,10);/q;+3. The van der Waals surface area contributed by atoms with Crippen molar-refractivity contribution in [1.82, 2.24) is 0 Å². The van der Waals surface area contributed by atoms with Crippen molar-refractivity contribution < 1.29 is 32.2 Å². The number of ether oxygens (including phenoxy) is 1. The van der Waals surface area contributed by atoms with E-state index in [9.17, 15) is 0 Å². The molecule has 0 saturated heterocycles. The van der Waals surface area contributed by atoms with Gasteiger partial charge >= 0.3 is 22.4 Å². The molecule has 0 aliphatic carbocycles. The molecule has 0 fully saturated rings. The molecule has 0 aromatic heterocycles. The van der Waals surface area contributed by atoms with Crippen molar-refractivity contribution >= 4 is 29.2 Å². The Bertz CT molecular complexity index is 101. The van der Waals surface area contributed by atoms with E-state index in [0.29, 0.717) is 11.0 Å². The minimum absolute atomic E-state index is 0. The van der Waals surface area contributed by atoms with Crippen molar-refractivity contribution in [3.05, 3.63) is 0 Å². The molecule has 2 nitrogen and oxygen atoms in total. The molecule has 0 aliphatic heterocycles. The molecule has 0 spiro atoms. The fourth-order valence-electron chi connectivity index (χ4n) is 0.550. The topological polar surface area (TPSA) is 29.5 Å². The summed E-state index contributed by atoms with van der Waals surface area (Å²) >= 11 is 8.35. The van der Waals surface area contributed by atoms with Crippen LogP contribution in [-0.2, 0) is 27.1 Å². The molecule has 0 heterocycles. The molecule has 0 atom stereocenters. The summed E-state index contributed by atoms with van der Waals surface area (Å²) in [5.74, 6) is 0. The van der Waals surface area contributed by atoms with Crippen LogP contribution in [0.2, 0.25) is 0 Å². The number of rotatable bonds is 5. The number of thiol groups is 1. The van der Waals surface area contributed by atoms with Crippen LogP contribution in [0.5, 0.6) is 0 Å². The summed E-state index contributed by atoms with van der Waals surface area (Å²) in [5.41, 5.74) is 0. The van der Waals surface area contributed by atoms with E-state index in [4.69, 9.17) is 9.84 Å². The largest absolute Gasteiger partial charge is 3.00 e. The number of unbranched alkanes of at least 4 members (excludes halogenated alkanes) is 2. The van der Waals surface area contributed by atoms with Crippen LogP contribution in [0.4, 0.5) is 0 Å².